The van der Waals surface area contributed by atoms with Gasteiger partial charge in [-0.15, -0.1) is 0 Å². The molecule has 0 heteroatoms. The van der Waals surface area contributed by atoms with Gasteiger partial charge in [-0.1, -0.05) is 89.6 Å². The Morgan fingerprint density at radius 1 is 1.00 bits per heavy atom. The van der Waals surface area contributed by atoms with Gasteiger partial charge in [0.05, 0.1) is 0 Å². The standard InChI is InChI=1S/C20H32/c1-4-5-10-17-20(3,18-13-8-6-9-14-18)19(2)15-11-7-12-16-19/h6,8-9,13-14H,4-5,7,10-12,15-17H2,1-3H3/t20-/m1/s1. The Balaban J connectivity index is 2.27. The summed E-state index contributed by atoms with van der Waals surface area (Å²) < 4.78 is 0. The van der Waals surface area contributed by atoms with Crippen LogP contribution in [0.3, 0.4) is 0 Å². The van der Waals surface area contributed by atoms with Crippen molar-refractivity contribution >= 4 is 0 Å². The SMILES string of the molecule is CCCCC[C@](C)(c1ccccc1)C1(C)CCCCC1. The van der Waals surface area contributed by atoms with Gasteiger partial charge >= 0.3 is 0 Å². The topological polar surface area (TPSA) is 0 Å². The van der Waals surface area contributed by atoms with Crippen molar-refractivity contribution in [2.45, 2.75) is 84.0 Å². The lowest BCUT2D eigenvalue weighted by Crippen LogP contribution is -2.43. The van der Waals surface area contributed by atoms with E-state index in [1.54, 1.807) is 5.56 Å². The molecule has 1 aromatic carbocycles. The Morgan fingerprint density at radius 2 is 1.65 bits per heavy atom. The summed E-state index contributed by atoms with van der Waals surface area (Å²) in [6.07, 6.45) is 12.5. The van der Waals surface area contributed by atoms with Gasteiger partial charge in [-0.25, -0.2) is 0 Å². The fraction of sp³-hybridized carbons (Fsp3) is 0.700. The summed E-state index contributed by atoms with van der Waals surface area (Å²) in [6, 6.07) is 11.3. The quantitative estimate of drug-likeness (QED) is 0.519. The molecule has 0 unspecified atom stereocenters. The van der Waals surface area contributed by atoms with E-state index in [0.717, 1.165) is 0 Å². The van der Waals surface area contributed by atoms with E-state index in [-0.39, 0.29) is 0 Å². The van der Waals surface area contributed by atoms with Gasteiger partial charge in [0.15, 0.2) is 0 Å². The molecule has 0 N–H and O–H groups in total. The highest BCUT2D eigenvalue weighted by molar-refractivity contribution is 5.28. The predicted molar refractivity (Wildman–Crippen MR) is 89.1 cm³/mol. The maximum atomic E-state index is 2.56. The summed E-state index contributed by atoms with van der Waals surface area (Å²) in [5, 5.41) is 0. The number of benzene rings is 1. The van der Waals surface area contributed by atoms with Gasteiger partial charge in [0.1, 0.15) is 0 Å². The highest BCUT2D eigenvalue weighted by atomic mass is 14.5. The van der Waals surface area contributed by atoms with Crippen LogP contribution in [-0.4, -0.2) is 0 Å². The Labute approximate surface area is 126 Å². The van der Waals surface area contributed by atoms with E-state index in [0.29, 0.717) is 10.8 Å². The van der Waals surface area contributed by atoms with Gasteiger partial charge in [0.2, 0.25) is 0 Å². The molecule has 20 heavy (non-hydrogen) atoms. The minimum Gasteiger partial charge on any atom is -0.0654 e. The second-order valence-electron chi connectivity index (χ2n) is 7.28. The Bertz CT molecular complexity index is 386. The summed E-state index contributed by atoms with van der Waals surface area (Å²) in [5.74, 6) is 0. The summed E-state index contributed by atoms with van der Waals surface area (Å²) in [6.45, 7) is 7.41. The van der Waals surface area contributed by atoms with Crippen molar-refractivity contribution in [1.82, 2.24) is 0 Å². The van der Waals surface area contributed by atoms with Crippen molar-refractivity contribution in [1.29, 1.82) is 0 Å². The lowest BCUT2D eigenvalue weighted by Gasteiger charge is -2.50. The average molecular weight is 272 g/mol. The zero-order valence-corrected chi connectivity index (χ0v) is 13.8. The largest absolute Gasteiger partial charge is 0.0654 e. The van der Waals surface area contributed by atoms with Crippen molar-refractivity contribution in [2.24, 2.45) is 5.41 Å². The lowest BCUT2D eigenvalue weighted by atomic mass is 9.54. The maximum absolute atomic E-state index is 2.56. The van der Waals surface area contributed by atoms with Gasteiger partial charge in [-0.05, 0) is 35.7 Å². The molecular formula is C20H32. The first-order chi connectivity index (χ1) is 9.62. The van der Waals surface area contributed by atoms with Crippen LogP contribution >= 0.6 is 0 Å². The highest BCUT2D eigenvalue weighted by Crippen LogP contribution is 2.53. The molecule has 0 spiro atoms. The van der Waals surface area contributed by atoms with Crippen molar-refractivity contribution in [3.8, 4) is 0 Å². The summed E-state index contributed by atoms with van der Waals surface area (Å²) in [4.78, 5) is 0. The molecule has 1 aliphatic carbocycles. The number of rotatable bonds is 6. The van der Waals surface area contributed by atoms with Crippen LogP contribution in [0.5, 0.6) is 0 Å². The summed E-state index contributed by atoms with van der Waals surface area (Å²) in [5.41, 5.74) is 2.41. The van der Waals surface area contributed by atoms with Crippen LogP contribution < -0.4 is 0 Å². The molecule has 0 amide bonds. The van der Waals surface area contributed by atoms with Gasteiger partial charge in [-0.3, -0.25) is 0 Å². The average Bonchev–Trinajstić information content (AvgIpc) is 2.49. The molecule has 1 fully saturated rings. The van der Waals surface area contributed by atoms with Gasteiger partial charge in [0, 0.05) is 0 Å². The zero-order valence-electron chi connectivity index (χ0n) is 13.8. The molecule has 1 aromatic rings. The van der Waals surface area contributed by atoms with Gasteiger partial charge in [0.25, 0.3) is 0 Å². The van der Waals surface area contributed by atoms with Crippen molar-refractivity contribution in [2.75, 3.05) is 0 Å². The van der Waals surface area contributed by atoms with Crippen molar-refractivity contribution in [3.63, 3.8) is 0 Å². The normalized spacial score (nSPS) is 21.4. The van der Waals surface area contributed by atoms with Gasteiger partial charge < -0.3 is 0 Å². The molecule has 112 valence electrons. The number of unbranched alkanes of at least 4 members (excludes halogenated alkanes) is 2. The molecular weight excluding hydrogens is 240 g/mol. The minimum atomic E-state index is 0.351. The minimum absolute atomic E-state index is 0.351. The van der Waals surface area contributed by atoms with E-state index in [2.05, 4.69) is 51.1 Å². The van der Waals surface area contributed by atoms with Crippen LogP contribution in [0.25, 0.3) is 0 Å². The summed E-state index contributed by atoms with van der Waals surface area (Å²) in [7, 11) is 0. The second kappa shape index (κ2) is 6.78. The molecule has 0 aliphatic heterocycles. The number of hydrogen-bond acceptors (Lipinski definition) is 0. The molecule has 1 saturated carbocycles. The van der Waals surface area contributed by atoms with E-state index < -0.39 is 0 Å². The van der Waals surface area contributed by atoms with E-state index in [1.807, 2.05) is 0 Å². The van der Waals surface area contributed by atoms with E-state index in [4.69, 9.17) is 0 Å². The van der Waals surface area contributed by atoms with Crippen LogP contribution in [0.2, 0.25) is 0 Å². The molecule has 0 nitrogen and oxygen atoms in total. The Morgan fingerprint density at radius 3 is 2.25 bits per heavy atom. The summed E-state index contributed by atoms with van der Waals surface area (Å²) >= 11 is 0. The van der Waals surface area contributed by atoms with Gasteiger partial charge in [-0.2, -0.15) is 0 Å². The lowest BCUT2D eigenvalue weighted by molar-refractivity contribution is 0.0842. The van der Waals surface area contributed by atoms with E-state index in [1.165, 1.54) is 57.8 Å². The molecule has 1 aliphatic rings. The van der Waals surface area contributed by atoms with Crippen LogP contribution in [0.15, 0.2) is 30.3 Å². The smallest absolute Gasteiger partial charge is 0.00215 e. The third-order valence-corrected chi connectivity index (χ3v) is 5.98. The number of hydrogen-bond donors (Lipinski definition) is 0. The molecule has 0 aromatic heterocycles. The predicted octanol–water partition coefficient (Wildman–Crippen LogP) is 6.50. The van der Waals surface area contributed by atoms with Crippen LogP contribution in [0, 0.1) is 5.41 Å². The van der Waals surface area contributed by atoms with E-state index in [9.17, 15) is 0 Å². The molecule has 0 heterocycles. The first-order valence-corrected chi connectivity index (χ1v) is 8.68. The van der Waals surface area contributed by atoms with E-state index >= 15 is 0 Å². The fourth-order valence-corrected chi connectivity index (χ4v) is 4.21. The van der Waals surface area contributed by atoms with Crippen LogP contribution in [-0.2, 0) is 5.41 Å². The molecule has 2 rings (SSSR count). The third-order valence-electron chi connectivity index (χ3n) is 5.98. The molecule has 0 saturated heterocycles. The molecule has 1 atom stereocenters. The van der Waals surface area contributed by atoms with Crippen LogP contribution in [0.1, 0.15) is 84.1 Å². The van der Waals surface area contributed by atoms with Crippen LogP contribution in [0.4, 0.5) is 0 Å². The molecule has 0 bridgehead atoms. The first kappa shape index (κ1) is 15.6. The van der Waals surface area contributed by atoms with Crippen molar-refractivity contribution in [3.05, 3.63) is 35.9 Å². The second-order valence-corrected chi connectivity index (χ2v) is 7.28. The first-order valence-electron chi connectivity index (χ1n) is 8.68. The highest BCUT2D eigenvalue weighted by Gasteiger charge is 2.45. The molecule has 0 radical (unpaired) electrons. The maximum Gasteiger partial charge on any atom is -0.00215 e. The van der Waals surface area contributed by atoms with Crippen molar-refractivity contribution < 1.29 is 0 Å². The monoisotopic (exact) mass is 272 g/mol. The zero-order chi connectivity index (χ0) is 14.5. The Kier molecular flexibility index (Phi) is 5.29. The third kappa shape index (κ3) is 3.10. The Hall–Kier alpha value is -0.780. The fourth-order valence-electron chi connectivity index (χ4n) is 4.21.